The number of piperazine rings is 1. The number of aryl methyl sites for hydroxylation is 2. The fourth-order valence-corrected chi connectivity index (χ4v) is 3.30. The van der Waals surface area contributed by atoms with E-state index in [1.165, 1.54) is 0 Å². The molecule has 0 spiro atoms. The number of nitrogens with one attached hydrogen (secondary N) is 1. The topological polar surface area (TPSA) is 61.9 Å². The highest BCUT2D eigenvalue weighted by Gasteiger charge is 2.26. The van der Waals surface area contributed by atoms with Crippen molar-refractivity contribution in [1.29, 1.82) is 0 Å². The first-order chi connectivity index (χ1) is 13.9. The van der Waals surface area contributed by atoms with Crippen molar-refractivity contribution >= 4 is 17.5 Å². The molecule has 29 heavy (non-hydrogen) atoms. The highest BCUT2D eigenvalue weighted by atomic mass is 16.5. The van der Waals surface area contributed by atoms with E-state index in [1.807, 2.05) is 67.3 Å². The van der Waals surface area contributed by atoms with E-state index in [1.54, 1.807) is 6.92 Å². The van der Waals surface area contributed by atoms with E-state index in [0.29, 0.717) is 38.5 Å². The second kappa shape index (κ2) is 9.56. The summed E-state index contributed by atoms with van der Waals surface area (Å²) in [6.45, 7) is 8.66. The average molecular weight is 396 g/mol. The van der Waals surface area contributed by atoms with Crippen LogP contribution in [0.1, 0.15) is 18.1 Å². The molecule has 6 heteroatoms. The van der Waals surface area contributed by atoms with E-state index in [2.05, 4.69) is 10.2 Å². The van der Waals surface area contributed by atoms with Crippen LogP contribution in [0.15, 0.2) is 48.5 Å². The number of nitrogens with zero attached hydrogens (tertiary/aromatic N) is 2. The largest absolute Gasteiger partial charge is 0.481 e. The molecule has 1 saturated heterocycles. The fraction of sp³-hybridized carbons (Fsp3) is 0.391. The molecule has 1 fully saturated rings. The smallest absolute Gasteiger partial charge is 0.263 e. The van der Waals surface area contributed by atoms with Crippen molar-refractivity contribution in [2.45, 2.75) is 26.9 Å². The zero-order valence-corrected chi connectivity index (χ0v) is 17.4. The normalized spacial score (nSPS) is 15.6. The first-order valence-electron chi connectivity index (χ1n) is 10.0. The summed E-state index contributed by atoms with van der Waals surface area (Å²) >= 11 is 0. The molecule has 3 rings (SSSR count). The number of ether oxygens (including phenoxy) is 1. The molecule has 0 aromatic heterocycles. The van der Waals surface area contributed by atoms with Gasteiger partial charge in [0.15, 0.2) is 6.10 Å². The predicted octanol–water partition coefficient (Wildman–Crippen LogP) is 2.85. The molecule has 2 amide bonds. The van der Waals surface area contributed by atoms with Gasteiger partial charge < -0.3 is 15.0 Å². The maximum Gasteiger partial charge on any atom is 0.263 e. The van der Waals surface area contributed by atoms with Gasteiger partial charge in [-0.05, 0) is 45.0 Å². The number of benzene rings is 2. The molecule has 154 valence electrons. The quantitative estimate of drug-likeness (QED) is 0.817. The van der Waals surface area contributed by atoms with Crippen molar-refractivity contribution in [3.8, 4) is 5.75 Å². The molecule has 1 aliphatic heterocycles. The van der Waals surface area contributed by atoms with Gasteiger partial charge in [0.1, 0.15) is 5.75 Å². The zero-order valence-electron chi connectivity index (χ0n) is 17.4. The summed E-state index contributed by atoms with van der Waals surface area (Å²) in [5, 5.41) is 2.92. The Balaban J connectivity index is 1.43. The Kier molecular flexibility index (Phi) is 6.88. The average Bonchev–Trinajstić information content (AvgIpc) is 2.71. The van der Waals surface area contributed by atoms with E-state index < -0.39 is 6.10 Å². The lowest BCUT2D eigenvalue weighted by Gasteiger charge is -2.35. The van der Waals surface area contributed by atoms with Crippen molar-refractivity contribution in [3.63, 3.8) is 0 Å². The summed E-state index contributed by atoms with van der Waals surface area (Å²) in [7, 11) is 0. The summed E-state index contributed by atoms with van der Waals surface area (Å²) in [5.74, 6) is 0.641. The molecule has 2 aromatic rings. The molecule has 1 atom stereocenters. The number of amides is 2. The van der Waals surface area contributed by atoms with Crippen LogP contribution in [0.4, 0.5) is 5.69 Å². The van der Waals surface area contributed by atoms with Gasteiger partial charge in [-0.25, -0.2) is 0 Å². The fourth-order valence-electron chi connectivity index (χ4n) is 3.30. The molecule has 0 bridgehead atoms. The van der Waals surface area contributed by atoms with Crippen LogP contribution in [0.2, 0.25) is 0 Å². The van der Waals surface area contributed by atoms with Gasteiger partial charge in [0, 0.05) is 31.9 Å². The Hall–Kier alpha value is -2.86. The third-order valence-corrected chi connectivity index (χ3v) is 5.07. The third kappa shape index (κ3) is 6.06. The summed E-state index contributed by atoms with van der Waals surface area (Å²) in [5.41, 5.74) is 3.11. The molecule has 1 heterocycles. The van der Waals surface area contributed by atoms with Crippen LogP contribution in [0.5, 0.6) is 5.75 Å². The molecule has 0 radical (unpaired) electrons. The van der Waals surface area contributed by atoms with Gasteiger partial charge in [-0.1, -0.05) is 35.4 Å². The minimum atomic E-state index is -0.533. The van der Waals surface area contributed by atoms with E-state index in [4.69, 9.17) is 4.74 Å². The van der Waals surface area contributed by atoms with Crippen molar-refractivity contribution in [2.75, 3.05) is 38.0 Å². The SMILES string of the molecule is Cc1ccc(NC(=O)CN2CCN(C(=O)C(C)Oc3ccc(C)cc3)CC2)cc1. The molecule has 0 saturated carbocycles. The number of anilines is 1. The van der Waals surface area contributed by atoms with Crippen molar-refractivity contribution in [1.82, 2.24) is 9.80 Å². The Labute approximate surface area is 172 Å². The molecular formula is C23H29N3O3. The lowest BCUT2D eigenvalue weighted by Crippen LogP contribution is -2.53. The van der Waals surface area contributed by atoms with E-state index >= 15 is 0 Å². The molecule has 6 nitrogen and oxygen atoms in total. The van der Waals surface area contributed by atoms with Crippen LogP contribution in [-0.2, 0) is 9.59 Å². The van der Waals surface area contributed by atoms with Crippen LogP contribution < -0.4 is 10.1 Å². The molecule has 1 aliphatic rings. The molecule has 1 unspecified atom stereocenters. The number of hydrogen-bond acceptors (Lipinski definition) is 4. The summed E-state index contributed by atoms with van der Waals surface area (Å²) in [4.78, 5) is 28.8. The summed E-state index contributed by atoms with van der Waals surface area (Å²) in [6.07, 6.45) is -0.533. The lowest BCUT2D eigenvalue weighted by molar-refractivity contribution is -0.139. The number of rotatable bonds is 6. The predicted molar refractivity (Wildman–Crippen MR) is 114 cm³/mol. The van der Waals surface area contributed by atoms with E-state index in [9.17, 15) is 9.59 Å². The Morgan fingerprint density at radius 2 is 1.48 bits per heavy atom. The Morgan fingerprint density at radius 3 is 2.07 bits per heavy atom. The monoisotopic (exact) mass is 395 g/mol. The zero-order chi connectivity index (χ0) is 20.8. The van der Waals surface area contributed by atoms with Crippen LogP contribution in [-0.4, -0.2) is 60.4 Å². The molecule has 1 N–H and O–H groups in total. The number of carbonyl (C=O) groups excluding carboxylic acids is 2. The third-order valence-electron chi connectivity index (χ3n) is 5.07. The van der Waals surface area contributed by atoms with Gasteiger partial charge in [0.25, 0.3) is 5.91 Å². The lowest BCUT2D eigenvalue weighted by atomic mass is 10.2. The van der Waals surface area contributed by atoms with E-state index in [0.717, 1.165) is 16.8 Å². The second-order valence-electron chi connectivity index (χ2n) is 7.59. The van der Waals surface area contributed by atoms with Crippen molar-refractivity contribution < 1.29 is 14.3 Å². The highest BCUT2D eigenvalue weighted by Crippen LogP contribution is 2.15. The van der Waals surface area contributed by atoms with Gasteiger partial charge >= 0.3 is 0 Å². The Morgan fingerprint density at radius 1 is 0.931 bits per heavy atom. The van der Waals surface area contributed by atoms with Crippen LogP contribution in [0, 0.1) is 13.8 Å². The minimum Gasteiger partial charge on any atom is -0.481 e. The molecule has 2 aromatic carbocycles. The number of hydrogen-bond donors (Lipinski definition) is 1. The molecule has 0 aliphatic carbocycles. The van der Waals surface area contributed by atoms with Crippen LogP contribution in [0.3, 0.4) is 0 Å². The maximum atomic E-state index is 12.7. The first-order valence-corrected chi connectivity index (χ1v) is 10.0. The van der Waals surface area contributed by atoms with Gasteiger partial charge in [0.05, 0.1) is 6.54 Å². The minimum absolute atomic E-state index is 0.0191. The summed E-state index contributed by atoms with van der Waals surface area (Å²) in [6, 6.07) is 15.4. The van der Waals surface area contributed by atoms with Gasteiger partial charge in [-0.2, -0.15) is 0 Å². The first kappa shape index (κ1) is 20.9. The van der Waals surface area contributed by atoms with E-state index in [-0.39, 0.29) is 11.8 Å². The van der Waals surface area contributed by atoms with Crippen molar-refractivity contribution in [2.24, 2.45) is 0 Å². The number of carbonyl (C=O) groups is 2. The second-order valence-corrected chi connectivity index (χ2v) is 7.59. The summed E-state index contributed by atoms with van der Waals surface area (Å²) < 4.78 is 5.78. The Bertz CT molecular complexity index is 825. The highest BCUT2D eigenvalue weighted by molar-refractivity contribution is 5.92. The van der Waals surface area contributed by atoms with Gasteiger partial charge in [-0.3, -0.25) is 14.5 Å². The van der Waals surface area contributed by atoms with Crippen LogP contribution in [0.25, 0.3) is 0 Å². The van der Waals surface area contributed by atoms with Gasteiger partial charge in [-0.15, -0.1) is 0 Å². The van der Waals surface area contributed by atoms with Crippen LogP contribution >= 0.6 is 0 Å². The maximum absolute atomic E-state index is 12.7. The standard InChI is InChI=1S/C23H29N3O3/c1-17-4-8-20(9-5-17)24-22(27)16-25-12-14-26(15-13-25)23(28)19(3)29-21-10-6-18(2)7-11-21/h4-11,19H,12-16H2,1-3H3,(H,24,27). The van der Waals surface area contributed by atoms with Gasteiger partial charge in [0.2, 0.25) is 5.91 Å². The molecular weight excluding hydrogens is 366 g/mol. The van der Waals surface area contributed by atoms with Crippen molar-refractivity contribution in [3.05, 3.63) is 59.7 Å².